The second kappa shape index (κ2) is 9.61. The van der Waals surface area contributed by atoms with Crippen LogP contribution in [0.25, 0.3) is 10.9 Å². The lowest BCUT2D eigenvalue weighted by molar-refractivity contribution is -0.116. The van der Waals surface area contributed by atoms with E-state index in [1.807, 2.05) is 36.4 Å². The summed E-state index contributed by atoms with van der Waals surface area (Å²) < 4.78 is 19.0. The molecule has 160 valence electrons. The van der Waals surface area contributed by atoms with E-state index in [1.54, 1.807) is 6.92 Å². The highest BCUT2D eigenvalue weighted by Crippen LogP contribution is 2.35. The molecule has 0 saturated carbocycles. The summed E-state index contributed by atoms with van der Waals surface area (Å²) in [6.07, 6.45) is 1.25. The molecule has 0 aliphatic carbocycles. The Morgan fingerprint density at radius 2 is 1.87 bits per heavy atom. The normalized spacial score (nSPS) is 11.7. The van der Waals surface area contributed by atoms with E-state index >= 15 is 0 Å². The van der Waals surface area contributed by atoms with Crippen molar-refractivity contribution in [3.63, 3.8) is 0 Å². The van der Waals surface area contributed by atoms with Crippen molar-refractivity contribution in [3.05, 3.63) is 65.4 Å². The number of nitrogens with zero attached hydrogens (tertiary/aromatic N) is 1. The Hall–Kier alpha value is -2.40. The number of carbonyl (C=O) groups is 1. The third-order valence-corrected chi connectivity index (χ3v) is 5.96. The Balaban J connectivity index is 1.95. The van der Waals surface area contributed by atoms with Crippen molar-refractivity contribution in [3.8, 4) is 5.75 Å². The molecule has 30 heavy (non-hydrogen) atoms. The number of rotatable bonds is 10. The summed E-state index contributed by atoms with van der Waals surface area (Å²) in [5, 5.41) is 0.991. The van der Waals surface area contributed by atoms with Gasteiger partial charge in [0.1, 0.15) is 11.5 Å². The lowest BCUT2D eigenvalue weighted by Crippen LogP contribution is -2.06. The van der Waals surface area contributed by atoms with E-state index in [1.165, 1.54) is 5.56 Å². The summed E-state index contributed by atoms with van der Waals surface area (Å²) in [6, 6.07) is 16.0. The number of fused-ring (bicyclic) bond motifs is 1. The van der Waals surface area contributed by atoms with Crippen molar-refractivity contribution in [2.24, 2.45) is 0 Å². The first-order chi connectivity index (χ1) is 14.3. The number of ether oxygens (including phenoxy) is 1. The van der Waals surface area contributed by atoms with Crippen LogP contribution < -0.4 is 4.74 Å². The Kier molecular flexibility index (Phi) is 7.14. The monoisotopic (exact) mass is 429 g/mol. The maximum atomic E-state index is 12.0. The smallest absolute Gasteiger partial charge is 0.325 e. The maximum absolute atomic E-state index is 12.0. The Labute approximate surface area is 176 Å². The van der Waals surface area contributed by atoms with Gasteiger partial charge in [0.15, 0.2) is 0 Å². The van der Waals surface area contributed by atoms with Gasteiger partial charge in [0.25, 0.3) is 0 Å². The van der Waals surface area contributed by atoms with Gasteiger partial charge < -0.3 is 19.1 Å². The summed E-state index contributed by atoms with van der Waals surface area (Å²) >= 11 is 0. The van der Waals surface area contributed by atoms with E-state index in [4.69, 9.17) is 14.5 Å². The molecule has 0 aliphatic rings. The highest BCUT2D eigenvalue weighted by molar-refractivity contribution is 7.51. The molecule has 2 N–H and O–H groups in total. The average Bonchev–Trinajstić information content (AvgIpc) is 2.97. The van der Waals surface area contributed by atoms with Crippen LogP contribution in [0.1, 0.15) is 37.1 Å². The number of benzene rings is 2. The van der Waals surface area contributed by atoms with Crippen molar-refractivity contribution in [2.75, 3.05) is 12.8 Å². The number of carbonyl (C=O) groups excluding carboxylic acids is 1. The van der Waals surface area contributed by atoms with Gasteiger partial charge in [-0.3, -0.25) is 9.36 Å². The number of hydrogen-bond acceptors (Lipinski definition) is 3. The zero-order valence-electron chi connectivity index (χ0n) is 17.4. The third kappa shape index (κ3) is 5.60. The molecular formula is C23H28NO5P. The quantitative estimate of drug-likeness (QED) is 0.370. The second-order valence-corrected chi connectivity index (χ2v) is 9.28. The molecule has 2 aromatic carbocycles. The molecule has 7 heteroatoms. The van der Waals surface area contributed by atoms with Gasteiger partial charge in [-0.2, -0.15) is 0 Å². The van der Waals surface area contributed by atoms with Crippen LogP contribution in [0.4, 0.5) is 0 Å². The molecule has 0 spiro atoms. The Morgan fingerprint density at radius 3 is 2.50 bits per heavy atom. The van der Waals surface area contributed by atoms with Crippen LogP contribution in [0, 0.1) is 0 Å². The van der Waals surface area contributed by atoms with Crippen molar-refractivity contribution < 1.29 is 23.9 Å². The predicted octanol–water partition coefficient (Wildman–Crippen LogP) is 4.33. The molecule has 6 nitrogen and oxygen atoms in total. The van der Waals surface area contributed by atoms with E-state index in [-0.39, 0.29) is 25.0 Å². The zero-order chi connectivity index (χ0) is 21.7. The van der Waals surface area contributed by atoms with E-state index in [0.717, 1.165) is 35.1 Å². The molecule has 0 bridgehead atoms. The van der Waals surface area contributed by atoms with Gasteiger partial charge in [-0.1, -0.05) is 37.3 Å². The SMILES string of the molecule is CCc1c(CC(C)=O)c2cc(OCCCP(=O)(O)O)ccc2n1Cc1ccccc1. The summed E-state index contributed by atoms with van der Waals surface area (Å²) in [6.45, 7) is 4.64. The van der Waals surface area contributed by atoms with Crippen molar-refractivity contribution in [2.45, 2.75) is 39.7 Å². The highest BCUT2D eigenvalue weighted by Gasteiger charge is 2.18. The van der Waals surface area contributed by atoms with Crippen LogP contribution in [-0.2, 0) is 28.7 Å². The molecule has 0 atom stereocenters. The standard InChI is InChI=1S/C23H28NO5P/c1-3-22-20(14-17(2)25)21-15-19(29-12-7-13-30(26,27)28)10-11-23(21)24(22)16-18-8-5-4-6-9-18/h4-6,8-11,15H,3,7,12-14,16H2,1-2H3,(H2,26,27,28). The van der Waals surface area contributed by atoms with Crippen LogP contribution in [0.15, 0.2) is 48.5 Å². The van der Waals surface area contributed by atoms with Crippen molar-refractivity contribution >= 4 is 24.3 Å². The van der Waals surface area contributed by atoms with Gasteiger partial charge in [-0.05, 0) is 49.1 Å². The fraction of sp³-hybridized carbons (Fsp3) is 0.348. The first kappa shape index (κ1) is 22.3. The zero-order valence-corrected chi connectivity index (χ0v) is 18.3. The third-order valence-electron chi connectivity index (χ3n) is 5.06. The molecule has 0 unspecified atom stereocenters. The minimum Gasteiger partial charge on any atom is -0.494 e. The highest BCUT2D eigenvalue weighted by atomic mass is 31.2. The molecule has 1 aromatic heterocycles. The number of ketones is 1. The van der Waals surface area contributed by atoms with Gasteiger partial charge in [0.2, 0.25) is 0 Å². The van der Waals surface area contributed by atoms with E-state index in [0.29, 0.717) is 12.2 Å². The molecule has 0 aliphatic heterocycles. The summed E-state index contributed by atoms with van der Waals surface area (Å²) in [7, 11) is -4.01. The first-order valence-electron chi connectivity index (χ1n) is 10.1. The molecule has 0 radical (unpaired) electrons. The number of Topliss-reactive ketones (excluding diaryl/α,β-unsaturated/α-hetero) is 1. The molecule has 1 heterocycles. The molecule has 3 aromatic rings. The topological polar surface area (TPSA) is 88.8 Å². The lowest BCUT2D eigenvalue weighted by Gasteiger charge is -2.11. The van der Waals surface area contributed by atoms with E-state index in [9.17, 15) is 9.36 Å². The average molecular weight is 429 g/mol. The van der Waals surface area contributed by atoms with Crippen LogP contribution >= 0.6 is 7.60 Å². The van der Waals surface area contributed by atoms with Gasteiger partial charge in [-0.15, -0.1) is 0 Å². The van der Waals surface area contributed by atoms with Crippen molar-refractivity contribution in [1.82, 2.24) is 4.57 Å². The lowest BCUT2D eigenvalue weighted by atomic mass is 10.0. The summed E-state index contributed by atoms with van der Waals surface area (Å²) in [4.78, 5) is 29.9. The summed E-state index contributed by atoms with van der Waals surface area (Å²) in [5.41, 5.74) is 4.41. The Bertz CT molecular complexity index is 1070. The van der Waals surface area contributed by atoms with Gasteiger partial charge >= 0.3 is 7.60 Å². The number of aromatic nitrogens is 1. The first-order valence-corrected chi connectivity index (χ1v) is 11.9. The maximum Gasteiger partial charge on any atom is 0.325 e. The van der Waals surface area contributed by atoms with Crippen LogP contribution in [0.5, 0.6) is 5.75 Å². The fourth-order valence-electron chi connectivity index (χ4n) is 3.80. The molecule has 0 saturated heterocycles. The van der Waals surface area contributed by atoms with Crippen molar-refractivity contribution in [1.29, 1.82) is 0 Å². The Morgan fingerprint density at radius 1 is 1.13 bits per heavy atom. The van der Waals surface area contributed by atoms with Crippen LogP contribution in [0.3, 0.4) is 0 Å². The fourth-order valence-corrected chi connectivity index (χ4v) is 4.34. The van der Waals surface area contributed by atoms with Gasteiger partial charge in [-0.25, -0.2) is 0 Å². The van der Waals surface area contributed by atoms with Gasteiger partial charge in [0.05, 0.1) is 12.8 Å². The minimum absolute atomic E-state index is 0.108. The molecule has 0 fully saturated rings. The number of hydrogen-bond donors (Lipinski definition) is 2. The van der Waals surface area contributed by atoms with E-state index < -0.39 is 7.60 Å². The van der Waals surface area contributed by atoms with Crippen LogP contribution in [-0.4, -0.2) is 32.9 Å². The predicted molar refractivity (Wildman–Crippen MR) is 118 cm³/mol. The van der Waals surface area contributed by atoms with Crippen LogP contribution in [0.2, 0.25) is 0 Å². The second-order valence-electron chi connectivity index (χ2n) is 7.50. The largest absolute Gasteiger partial charge is 0.494 e. The minimum atomic E-state index is -4.01. The molecule has 0 amide bonds. The molecular weight excluding hydrogens is 401 g/mol. The van der Waals surface area contributed by atoms with Gasteiger partial charge in [0, 0.05) is 29.6 Å². The summed E-state index contributed by atoms with van der Waals surface area (Å²) in [5.74, 6) is 0.744. The molecule has 3 rings (SSSR count). The van der Waals surface area contributed by atoms with E-state index in [2.05, 4.69) is 23.6 Å².